The Morgan fingerprint density at radius 2 is 1.84 bits per heavy atom. The maximum Gasteiger partial charge on any atom is 0.280 e. The third-order valence-corrected chi connectivity index (χ3v) is 5.76. The highest BCUT2D eigenvalue weighted by molar-refractivity contribution is 7.87. The zero-order valence-corrected chi connectivity index (χ0v) is 15.3. The normalized spacial score (nSPS) is 23.5. The summed E-state index contributed by atoms with van der Waals surface area (Å²) in [6.07, 6.45) is 2.85. The fourth-order valence-corrected chi connectivity index (χ4v) is 4.49. The van der Waals surface area contributed by atoms with Crippen LogP contribution in [0.3, 0.4) is 0 Å². The van der Waals surface area contributed by atoms with E-state index in [1.165, 1.54) is 10.6 Å². The van der Waals surface area contributed by atoms with Crippen molar-refractivity contribution in [3.63, 3.8) is 0 Å². The van der Waals surface area contributed by atoms with Gasteiger partial charge in [-0.2, -0.15) is 22.5 Å². The highest BCUT2D eigenvalue weighted by Gasteiger charge is 2.31. The molecule has 1 saturated heterocycles. The van der Waals surface area contributed by atoms with E-state index in [9.17, 15) is 8.42 Å². The molecule has 1 aromatic heterocycles. The number of hydrogen-bond donors (Lipinski definition) is 1. The number of morpholine rings is 1. The summed E-state index contributed by atoms with van der Waals surface area (Å²) in [5.74, 6) is 0. The molecule has 0 saturated carbocycles. The highest BCUT2D eigenvalue weighted by Crippen LogP contribution is 2.19. The van der Waals surface area contributed by atoms with Crippen molar-refractivity contribution in [3.05, 3.63) is 42.5 Å². The topological polar surface area (TPSA) is 89.4 Å². The van der Waals surface area contributed by atoms with Crippen LogP contribution in [-0.2, 0) is 14.9 Å². The average molecular weight is 365 g/mol. The second-order valence-electron chi connectivity index (χ2n) is 6.35. The smallest absolute Gasteiger partial charge is 0.280 e. The summed E-state index contributed by atoms with van der Waals surface area (Å²) in [4.78, 5) is 3.91. The quantitative estimate of drug-likeness (QED) is 0.862. The van der Waals surface area contributed by atoms with Gasteiger partial charge in [-0.3, -0.25) is 0 Å². The third kappa shape index (κ3) is 4.24. The minimum Gasteiger partial charge on any atom is -0.373 e. The molecule has 1 fully saturated rings. The second kappa shape index (κ2) is 7.20. The lowest BCUT2D eigenvalue weighted by molar-refractivity contribution is -0.0444. The first-order valence-corrected chi connectivity index (χ1v) is 9.67. The van der Waals surface area contributed by atoms with Gasteiger partial charge in [0.05, 0.1) is 17.9 Å². The van der Waals surface area contributed by atoms with Crippen molar-refractivity contribution in [2.45, 2.75) is 39.0 Å². The largest absolute Gasteiger partial charge is 0.373 e. The van der Waals surface area contributed by atoms with Crippen LogP contribution in [-0.4, -0.2) is 52.8 Å². The molecule has 2 heterocycles. The standard InChI is InChI=1S/C16H23N5O3S/c1-12-8-20(9-13(2)24-12)25(22,23)19-14(3)15-4-6-16(7-5-15)21-11-17-10-18-21/h4-7,10-14,19H,8-9H2,1-3H3/t12-,13+,14-/m0/s1. The number of nitrogens with one attached hydrogen (secondary N) is 1. The Morgan fingerprint density at radius 3 is 2.40 bits per heavy atom. The van der Waals surface area contributed by atoms with Gasteiger partial charge in [-0.25, -0.2) is 9.67 Å². The minimum absolute atomic E-state index is 0.113. The Balaban J connectivity index is 1.69. The molecule has 25 heavy (non-hydrogen) atoms. The highest BCUT2D eigenvalue weighted by atomic mass is 32.2. The molecule has 3 rings (SSSR count). The molecular weight excluding hydrogens is 342 g/mol. The number of aromatic nitrogens is 3. The van der Waals surface area contributed by atoms with Crippen LogP contribution in [0.4, 0.5) is 0 Å². The summed E-state index contributed by atoms with van der Waals surface area (Å²) in [5.41, 5.74) is 1.74. The zero-order valence-electron chi connectivity index (χ0n) is 14.5. The van der Waals surface area contributed by atoms with Crippen LogP contribution in [0.15, 0.2) is 36.9 Å². The summed E-state index contributed by atoms with van der Waals surface area (Å²) in [7, 11) is -3.57. The first-order chi connectivity index (χ1) is 11.8. The Hall–Kier alpha value is -1.81. The van der Waals surface area contributed by atoms with Crippen molar-refractivity contribution in [2.24, 2.45) is 0 Å². The maximum absolute atomic E-state index is 12.7. The van der Waals surface area contributed by atoms with Gasteiger partial charge in [-0.1, -0.05) is 12.1 Å². The average Bonchev–Trinajstić information content (AvgIpc) is 3.08. The molecule has 136 valence electrons. The summed E-state index contributed by atoms with van der Waals surface area (Å²) in [5, 5.41) is 4.07. The van der Waals surface area contributed by atoms with Crippen LogP contribution in [0.1, 0.15) is 32.4 Å². The van der Waals surface area contributed by atoms with E-state index in [-0.39, 0.29) is 18.2 Å². The van der Waals surface area contributed by atoms with Crippen molar-refractivity contribution >= 4 is 10.2 Å². The van der Waals surface area contributed by atoms with E-state index in [0.717, 1.165) is 11.3 Å². The summed E-state index contributed by atoms with van der Waals surface area (Å²) < 4.78 is 36.7. The van der Waals surface area contributed by atoms with E-state index < -0.39 is 10.2 Å². The molecule has 0 unspecified atom stereocenters. The number of benzene rings is 1. The second-order valence-corrected chi connectivity index (χ2v) is 8.05. The molecular formula is C16H23N5O3S. The molecule has 3 atom stereocenters. The summed E-state index contributed by atoms with van der Waals surface area (Å²) in [6, 6.07) is 7.19. The Kier molecular flexibility index (Phi) is 5.19. The van der Waals surface area contributed by atoms with Crippen molar-refractivity contribution in [1.82, 2.24) is 23.8 Å². The lowest BCUT2D eigenvalue weighted by Crippen LogP contribution is -2.52. The molecule has 0 amide bonds. The first-order valence-electron chi connectivity index (χ1n) is 8.23. The monoisotopic (exact) mass is 365 g/mol. The van der Waals surface area contributed by atoms with Gasteiger partial charge in [-0.15, -0.1) is 0 Å². The Bertz CT molecular complexity index is 782. The first kappa shape index (κ1) is 18.0. The van der Waals surface area contributed by atoms with E-state index in [1.807, 2.05) is 45.0 Å². The number of nitrogens with zero attached hydrogens (tertiary/aromatic N) is 4. The van der Waals surface area contributed by atoms with Gasteiger partial charge in [0.25, 0.3) is 10.2 Å². The summed E-state index contributed by atoms with van der Waals surface area (Å²) >= 11 is 0. The van der Waals surface area contributed by atoms with Gasteiger partial charge >= 0.3 is 0 Å². The molecule has 0 aliphatic carbocycles. The molecule has 9 heteroatoms. The van der Waals surface area contributed by atoms with E-state index in [1.54, 1.807) is 11.0 Å². The van der Waals surface area contributed by atoms with E-state index in [4.69, 9.17) is 4.74 Å². The van der Waals surface area contributed by atoms with Crippen molar-refractivity contribution in [3.8, 4) is 5.69 Å². The molecule has 2 aromatic rings. The Labute approximate surface area is 148 Å². The fourth-order valence-electron chi connectivity index (χ4n) is 2.95. The van der Waals surface area contributed by atoms with Gasteiger partial charge in [0.2, 0.25) is 0 Å². The summed E-state index contributed by atoms with van der Waals surface area (Å²) in [6.45, 7) is 6.31. The predicted molar refractivity (Wildman–Crippen MR) is 93.4 cm³/mol. The number of hydrogen-bond acceptors (Lipinski definition) is 5. The van der Waals surface area contributed by atoms with E-state index in [2.05, 4.69) is 14.8 Å². The van der Waals surface area contributed by atoms with Crippen molar-refractivity contribution < 1.29 is 13.2 Å². The zero-order chi connectivity index (χ0) is 18.0. The van der Waals surface area contributed by atoms with Crippen LogP contribution in [0.5, 0.6) is 0 Å². The van der Waals surface area contributed by atoms with E-state index >= 15 is 0 Å². The molecule has 0 radical (unpaired) electrons. The number of ether oxygens (including phenoxy) is 1. The molecule has 1 aliphatic heterocycles. The van der Waals surface area contributed by atoms with Gasteiger partial charge in [0.1, 0.15) is 12.7 Å². The minimum atomic E-state index is -3.57. The van der Waals surface area contributed by atoms with Crippen LogP contribution < -0.4 is 4.72 Å². The van der Waals surface area contributed by atoms with Crippen LogP contribution in [0, 0.1) is 0 Å². The molecule has 0 bridgehead atoms. The predicted octanol–water partition coefficient (Wildman–Crippen LogP) is 1.27. The van der Waals surface area contributed by atoms with Crippen LogP contribution >= 0.6 is 0 Å². The lowest BCUT2D eigenvalue weighted by Gasteiger charge is -2.35. The molecule has 1 aromatic carbocycles. The SMILES string of the molecule is C[C@@H]1CN(S(=O)(=O)N[C@@H](C)c2ccc(-n3cncn3)cc2)C[C@H](C)O1. The molecule has 1 aliphatic rings. The number of rotatable bonds is 5. The van der Waals surface area contributed by atoms with Gasteiger partial charge in [-0.05, 0) is 38.5 Å². The van der Waals surface area contributed by atoms with Crippen LogP contribution in [0.2, 0.25) is 0 Å². The molecule has 8 nitrogen and oxygen atoms in total. The van der Waals surface area contributed by atoms with Gasteiger partial charge in [0, 0.05) is 19.1 Å². The Morgan fingerprint density at radius 1 is 1.20 bits per heavy atom. The molecule has 0 spiro atoms. The van der Waals surface area contributed by atoms with Crippen LogP contribution in [0.25, 0.3) is 5.69 Å². The lowest BCUT2D eigenvalue weighted by atomic mass is 10.1. The van der Waals surface area contributed by atoms with Gasteiger partial charge in [0.15, 0.2) is 0 Å². The molecule has 1 N–H and O–H groups in total. The fraction of sp³-hybridized carbons (Fsp3) is 0.500. The van der Waals surface area contributed by atoms with Crippen molar-refractivity contribution in [1.29, 1.82) is 0 Å². The third-order valence-electron chi connectivity index (χ3n) is 4.13. The van der Waals surface area contributed by atoms with E-state index in [0.29, 0.717) is 13.1 Å². The maximum atomic E-state index is 12.7. The van der Waals surface area contributed by atoms with Gasteiger partial charge < -0.3 is 4.74 Å². The van der Waals surface area contributed by atoms with Crippen molar-refractivity contribution in [2.75, 3.05) is 13.1 Å².